The van der Waals surface area contributed by atoms with E-state index in [2.05, 4.69) is 247 Å². The number of nitrogens with zero attached hydrogens (tertiary/aromatic N) is 1. The van der Waals surface area contributed by atoms with Crippen molar-refractivity contribution in [1.82, 2.24) is 4.57 Å². The third-order valence-corrected chi connectivity index (χ3v) is 19.8. The summed E-state index contributed by atoms with van der Waals surface area (Å²) in [6.45, 7) is 0. The molecule has 2 nitrogen and oxygen atoms in total. The van der Waals surface area contributed by atoms with Gasteiger partial charge in [0.1, 0.15) is 11.5 Å². The van der Waals surface area contributed by atoms with Crippen molar-refractivity contribution in [3.8, 4) is 50.6 Å². The lowest BCUT2D eigenvalue weighted by Gasteiger charge is -2.36. The van der Waals surface area contributed by atoms with Crippen molar-refractivity contribution in [1.29, 1.82) is 0 Å². The molecule has 10 aromatic carbocycles. The summed E-state index contributed by atoms with van der Waals surface area (Å²) in [4.78, 5) is 1.29. The number of fused-ring (bicyclic) bond motifs is 7. The van der Waals surface area contributed by atoms with E-state index >= 15 is 0 Å². The minimum absolute atomic E-state index is 0.0584. The molecule has 11 aromatic rings. The minimum Gasteiger partial charge on any atom is -0.458 e. The molecule has 0 amide bonds. The highest BCUT2D eigenvalue weighted by Crippen LogP contribution is 2.45. The van der Waals surface area contributed by atoms with Gasteiger partial charge in [-0.1, -0.05) is 194 Å². The van der Waals surface area contributed by atoms with Crippen molar-refractivity contribution >= 4 is 79.2 Å². The Labute approximate surface area is 384 Å². The molecule has 0 saturated carbocycles. The van der Waals surface area contributed by atoms with Gasteiger partial charge in [0.05, 0.1) is 11.0 Å². The van der Waals surface area contributed by atoms with E-state index in [-0.39, 0.29) is 5.99 Å². The summed E-state index contributed by atoms with van der Waals surface area (Å²) < 4.78 is 9.50. The van der Waals surface area contributed by atoms with Crippen LogP contribution in [0.25, 0.3) is 60.9 Å². The van der Waals surface area contributed by atoms with Gasteiger partial charge in [0.2, 0.25) is 0 Å². The summed E-state index contributed by atoms with van der Waals surface area (Å²) in [5.74, 6) is 1.90. The Morgan fingerprint density at radius 2 is 0.985 bits per heavy atom. The highest BCUT2D eigenvalue weighted by molar-refractivity contribution is 8.28. The predicted octanol–water partition coefficient (Wildman–Crippen LogP) is 11.5. The molecule has 0 saturated heterocycles. The van der Waals surface area contributed by atoms with Crippen molar-refractivity contribution in [2.45, 2.75) is 4.90 Å². The molecule has 0 N–H and O–H groups in total. The monoisotopic (exact) mass is 861 g/mol. The maximum atomic E-state index is 7.11. The standard InChI is InChI=1S/C60H40BNOSSi/c1-4-21-45(22-5-1)65(46-23-6-2-7-24-46,47-25-8-3-9-26-47)59-34-17-13-27-48(59)42-35-36-56-53(39-42)61-60-52(51-30-12-16-33-58(51)64-61)38-43(40-57(60)63-56)41-19-18-20-44(37-41)62-54-31-14-10-28-49(54)50-29-11-15-32-55(50)62/h1-40H. The molecule has 2 aliphatic heterocycles. The predicted molar refractivity (Wildman–Crippen MR) is 278 cm³/mol. The number of hydrogen-bond donors (Lipinski definition) is 0. The fourth-order valence-corrected chi connectivity index (χ4v) is 17.2. The molecule has 0 aliphatic carbocycles. The topological polar surface area (TPSA) is 14.2 Å². The van der Waals surface area contributed by atoms with Gasteiger partial charge in [-0.15, -0.1) is 0 Å². The molecule has 0 spiro atoms. The van der Waals surface area contributed by atoms with E-state index in [4.69, 9.17) is 4.74 Å². The first-order valence-electron chi connectivity index (χ1n) is 22.4. The number of hydrogen-bond acceptors (Lipinski definition) is 2. The lowest BCUT2D eigenvalue weighted by atomic mass is 9.57. The van der Waals surface area contributed by atoms with E-state index in [1.807, 2.05) is 11.6 Å². The van der Waals surface area contributed by atoms with Gasteiger partial charge in [-0.05, 0) is 114 Å². The van der Waals surface area contributed by atoms with Crippen LogP contribution in [-0.2, 0) is 0 Å². The number of aromatic nitrogens is 1. The summed E-state index contributed by atoms with van der Waals surface area (Å²) in [7, 11) is -2.82. The molecule has 13 rings (SSSR count). The summed E-state index contributed by atoms with van der Waals surface area (Å²) in [5, 5.41) is 7.98. The first kappa shape index (κ1) is 37.9. The Bertz CT molecular complexity index is 3480. The normalized spacial score (nSPS) is 12.6. The van der Waals surface area contributed by atoms with Crippen molar-refractivity contribution in [2.75, 3.05) is 0 Å². The first-order chi connectivity index (χ1) is 32.2. The van der Waals surface area contributed by atoms with Crippen molar-refractivity contribution in [2.24, 2.45) is 0 Å². The average molecular weight is 862 g/mol. The van der Waals surface area contributed by atoms with Crippen LogP contribution in [0.2, 0.25) is 0 Å². The van der Waals surface area contributed by atoms with E-state index in [0.29, 0.717) is 0 Å². The number of para-hydroxylation sites is 2. The largest absolute Gasteiger partial charge is 0.458 e. The van der Waals surface area contributed by atoms with E-state index in [0.717, 1.165) is 28.3 Å². The lowest BCUT2D eigenvalue weighted by molar-refractivity contribution is 0.488. The molecule has 1 aromatic heterocycles. The van der Waals surface area contributed by atoms with Gasteiger partial charge in [-0.25, -0.2) is 0 Å². The van der Waals surface area contributed by atoms with Crippen LogP contribution in [0.1, 0.15) is 0 Å². The molecule has 0 atom stereocenters. The molecule has 65 heavy (non-hydrogen) atoms. The van der Waals surface area contributed by atoms with Gasteiger partial charge in [-0.3, -0.25) is 0 Å². The summed E-state index contributed by atoms with van der Waals surface area (Å²) in [6.07, 6.45) is 0. The quantitative estimate of drug-likeness (QED) is 0.117. The molecular weight excluding hydrogens is 822 g/mol. The fraction of sp³-hybridized carbons (Fsp3) is 0. The van der Waals surface area contributed by atoms with E-state index < -0.39 is 8.07 Å². The third kappa shape index (κ3) is 5.96. The molecule has 3 heterocycles. The van der Waals surface area contributed by atoms with Gasteiger partial charge in [0.25, 0.3) is 5.99 Å². The van der Waals surface area contributed by atoms with Crippen LogP contribution in [0.15, 0.2) is 248 Å². The minimum atomic E-state index is -2.82. The van der Waals surface area contributed by atoms with Gasteiger partial charge in [0, 0.05) is 21.4 Å². The molecule has 2 aliphatic rings. The van der Waals surface area contributed by atoms with E-state index in [1.165, 1.54) is 80.6 Å². The second-order valence-electron chi connectivity index (χ2n) is 17.1. The van der Waals surface area contributed by atoms with Crippen molar-refractivity contribution in [3.63, 3.8) is 0 Å². The summed E-state index contributed by atoms with van der Waals surface area (Å²) in [5.41, 5.74) is 13.2. The van der Waals surface area contributed by atoms with Crippen LogP contribution < -0.4 is 36.4 Å². The Balaban J connectivity index is 0.966. The second-order valence-corrected chi connectivity index (χ2v) is 22.0. The van der Waals surface area contributed by atoms with Crippen LogP contribution in [0.4, 0.5) is 0 Å². The molecule has 0 fully saturated rings. The number of rotatable bonds is 7. The summed E-state index contributed by atoms with van der Waals surface area (Å²) >= 11 is 1.94. The molecule has 304 valence electrons. The van der Waals surface area contributed by atoms with E-state index in [1.54, 1.807) is 0 Å². The van der Waals surface area contributed by atoms with Gasteiger partial charge < -0.3 is 9.30 Å². The van der Waals surface area contributed by atoms with E-state index in [9.17, 15) is 0 Å². The van der Waals surface area contributed by atoms with Crippen LogP contribution in [0.3, 0.4) is 0 Å². The highest BCUT2D eigenvalue weighted by Gasteiger charge is 2.44. The highest BCUT2D eigenvalue weighted by atomic mass is 32.2. The maximum Gasteiger partial charge on any atom is 0.289 e. The summed E-state index contributed by atoms with van der Waals surface area (Å²) in [6, 6.07) is 89.7. The SMILES string of the molecule is c1ccc([Si](c2ccccc2)(c2ccccc2)c2ccccc2-c2ccc3c(c2)B2Sc4ccccc4-c4cc(-c5cccc(-n6c7ccccc7c7ccccc76)c5)cc(c42)O3)cc1. The molecule has 5 heteroatoms. The van der Waals surface area contributed by atoms with Crippen LogP contribution in [-0.4, -0.2) is 18.6 Å². The van der Waals surface area contributed by atoms with Gasteiger partial charge in [-0.2, -0.15) is 11.6 Å². The van der Waals surface area contributed by atoms with Crippen molar-refractivity contribution in [3.05, 3.63) is 243 Å². The Kier molecular flexibility index (Phi) is 8.93. The second kappa shape index (κ2) is 15.3. The molecule has 0 unspecified atom stereocenters. The number of benzene rings is 10. The smallest absolute Gasteiger partial charge is 0.289 e. The number of ether oxygens (including phenoxy) is 1. The van der Waals surface area contributed by atoms with Crippen LogP contribution in [0.5, 0.6) is 11.5 Å². The molecule has 0 bridgehead atoms. The maximum absolute atomic E-state index is 7.11. The van der Waals surface area contributed by atoms with Gasteiger partial charge in [0.15, 0.2) is 8.07 Å². The van der Waals surface area contributed by atoms with Crippen molar-refractivity contribution < 1.29 is 4.74 Å². The first-order valence-corrected chi connectivity index (χ1v) is 25.2. The molecule has 0 radical (unpaired) electrons. The molecular formula is C60H40BNOSSi. The fourth-order valence-electron chi connectivity index (χ4n) is 10.8. The Morgan fingerprint density at radius 1 is 0.400 bits per heavy atom. The zero-order chi connectivity index (χ0) is 42.9. The van der Waals surface area contributed by atoms with Crippen LogP contribution >= 0.6 is 11.6 Å². The Morgan fingerprint density at radius 3 is 1.66 bits per heavy atom. The zero-order valence-electron chi connectivity index (χ0n) is 35.4. The van der Waals surface area contributed by atoms with Gasteiger partial charge >= 0.3 is 0 Å². The lowest BCUT2D eigenvalue weighted by Crippen LogP contribution is -2.75. The zero-order valence-corrected chi connectivity index (χ0v) is 37.3. The third-order valence-electron chi connectivity index (χ3n) is 13.6. The average Bonchev–Trinajstić information content (AvgIpc) is 3.72. The Hall–Kier alpha value is -7.57. The van der Waals surface area contributed by atoms with Crippen LogP contribution in [0, 0.1) is 0 Å².